The smallest absolute Gasteiger partial charge is 0.396 e. The van der Waals surface area contributed by atoms with Gasteiger partial charge in [0.2, 0.25) is 5.52 Å². The van der Waals surface area contributed by atoms with E-state index in [1.54, 1.807) is 19.2 Å². The molecule has 4 heteroatoms. The first-order valence-corrected chi connectivity index (χ1v) is 4.88. The van der Waals surface area contributed by atoms with Gasteiger partial charge in [-0.1, -0.05) is 12.1 Å². The third kappa shape index (κ3) is 1.01. The predicted molar refractivity (Wildman–Crippen MR) is 59.2 cm³/mol. The lowest BCUT2D eigenvalue weighted by Gasteiger charge is -2.06. The van der Waals surface area contributed by atoms with Crippen LogP contribution in [0.25, 0.3) is 22.0 Å². The van der Waals surface area contributed by atoms with Crippen LogP contribution >= 0.6 is 0 Å². The average molecular weight is 215 g/mol. The van der Waals surface area contributed by atoms with Gasteiger partial charge in [-0.15, -0.1) is 4.73 Å². The second-order valence-electron chi connectivity index (χ2n) is 3.48. The Hall–Kier alpha value is -2.23. The summed E-state index contributed by atoms with van der Waals surface area (Å²) in [5, 5.41) is 13.5. The van der Waals surface area contributed by atoms with Gasteiger partial charge < -0.3 is 14.4 Å². The number of rotatable bonds is 1. The molecule has 3 aromatic rings. The third-order valence-electron chi connectivity index (χ3n) is 2.65. The number of benzene rings is 1. The molecule has 1 aromatic carbocycles. The van der Waals surface area contributed by atoms with Gasteiger partial charge in [0, 0.05) is 6.07 Å². The van der Waals surface area contributed by atoms with E-state index < -0.39 is 0 Å². The highest BCUT2D eigenvalue weighted by Crippen LogP contribution is 2.31. The summed E-state index contributed by atoms with van der Waals surface area (Å²) < 4.78 is 11.3. The molecule has 0 saturated carbocycles. The van der Waals surface area contributed by atoms with Gasteiger partial charge in [-0.2, -0.15) is 0 Å². The Morgan fingerprint density at radius 2 is 2.00 bits per heavy atom. The molecule has 2 aromatic heterocycles. The topological polar surface area (TPSA) is 49.3 Å². The van der Waals surface area contributed by atoms with Crippen LogP contribution in [-0.2, 0) is 0 Å². The molecule has 0 radical (unpaired) electrons. The molecule has 0 aliphatic rings. The van der Waals surface area contributed by atoms with Crippen LogP contribution in [0, 0.1) is 5.21 Å². The van der Waals surface area contributed by atoms with Crippen LogP contribution in [0.5, 0.6) is 5.75 Å². The van der Waals surface area contributed by atoms with E-state index >= 15 is 0 Å². The van der Waals surface area contributed by atoms with Crippen molar-refractivity contribution in [1.29, 1.82) is 0 Å². The molecule has 2 heterocycles. The van der Waals surface area contributed by atoms with Crippen molar-refractivity contribution < 1.29 is 13.9 Å². The van der Waals surface area contributed by atoms with Crippen LogP contribution < -0.4 is 9.47 Å². The van der Waals surface area contributed by atoms with Crippen molar-refractivity contribution in [3.8, 4) is 5.75 Å². The van der Waals surface area contributed by atoms with Crippen molar-refractivity contribution >= 4 is 22.0 Å². The predicted octanol–water partition coefficient (Wildman–Crippen LogP) is 2.23. The molecule has 0 aliphatic carbocycles. The quantitative estimate of drug-likeness (QED) is 0.462. The lowest BCUT2D eigenvalue weighted by atomic mass is 10.1. The van der Waals surface area contributed by atoms with E-state index in [2.05, 4.69) is 0 Å². The zero-order valence-corrected chi connectivity index (χ0v) is 8.64. The van der Waals surface area contributed by atoms with Gasteiger partial charge in [0.05, 0.1) is 18.8 Å². The molecule has 0 atom stereocenters. The third-order valence-corrected chi connectivity index (χ3v) is 2.65. The van der Waals surface area contributed by atoms with Crippen LogP contribution in [0.2, 0.25) is 0 Å². The summed E-state index contributed by atoms with van der Waals surface area (Å²) in [6.07, 6.45) is 1.49. The van der Waals surface area contributed by atoms with Crippen molar-refractivity contribution in [3.63, 3.8) is 0 Å². The van der Waals surface area contributed by atoms with Crippen molar-refractivity contribution in [1.82, 2.24) is 0 Å². The van der Waals surface area contributed by atoms with E-state index in [0.29, 0.717) is 16.7 Å². The fourth-order valence-electron chi connectivity index (χ4n) is 1.95. The molecule has 16 heavy (non-hydrogen) atoms. The lowest BCUT2D eigenvalue weighted by molar-refractivity contribution is -0.555. The Kier molecular flexibility index (Phi) is 1.77. The van der Waals surface area contributed by atoms with Crippen molar-refractivity contribution in [2.24, 2.45) is 0 Å². The molecule has 80 valence electrons. The van der Waals surface area contributed by atoms with E-state index in [0.717, 1.165) is 10.1 Å². The van der Waals surface area contributed by atoms with E-state index in [-0.39, 0.29) is 5.71 Å². The number of aromatic nitrogens is 1. The molecular formula is C12H9NO3. The molecule has 3 rings (SSSR count). The van der Waals surface area contributed by atoms with Crippen LogP contribution in [0.15, 0.2) is 41.0 Å². The minimum atomic E-state index is 0.274. The molecule has 0 unspecified atom stereocenters. The first-order chi connectivity index (χ1) is 7.83. The van der Waals surface area contributed by atoms with Gasteiger partial charge in [0.15, 0.2) is 5.75 Å². The van der Waals surface area contributed by atoms with E-state index in [1.807, 2.05) is 18.2 Å². The Bertz CT molecular complexity index is 672. The van der Waals surface area contributed by atoms with E-state index in [4.69, 9.17) is 9.15 Å². The van der Waals surface area contributed by atoms with Gasteiger partial charge in [-0.05, 0) is 12.1 Å². The van der Waals surface area contributed by atoms with Crippen molar-refractivity contribution in [3.05, 3.63) is 41.8 Å². The van der Waals surface area contributed by atoms with Crippen LogP contribution in [-0.4, -0.2) is 7.11 Å². The van der Waals surface area contributed by atoms with Crippen LogP contribution in [0.3, 0.4) is 0 Å². The van der Waals surface area contributed by atoms with Gasteiger partial charge >= 0.3 is 5.71 Å². The summed E-state index contributed by atoms with van der Waals surface area (Å²) in [7, 11) is 1.59. The fraction of sp³-hybridized carbons (Fsp3) is 0.0833. The maximum absolute atomic E-state index is 12.0. The number of ether oxygens (including phenoxy) is 1. The molecule has 0 bridgehead atoms. The highest BCUT2D eigenvalue weighted by Gasteiger charge is 2.19. The fourth-order valence-corrected chi connectivity index (χ4v) is 1.95. The highest BCUT2D eigenvalue weighted by molar-refractivity contribution is 5.96. The van der Waals surface area contributed by atoms with Crippen LogP contribution in [0.1, 0.15) is 0 Å². The van der Waals surface area contributed by atoms with Crippen molar-refractivity contribution in [2.45, 2.75) is 0 Å². The molecule has 4 nitrogen and oxygen atoms in total. The standard InChI is InChI=1S/C12H9NO3/c1-15-11-8-4-2-3-5-10(8)13(14)12-9(11)6-7-16-12/h2-7H,1H3. The normalized spacial score (nSPS) is 11.1. The average Bonchev–Trinajstić information content (AvgIpc) is 2.79. The largest absolute Gasteiger partial charge is 0.616 e. The zero-order chi connectivity index (χ0) is 11.1. The monoisotopic (exact) mass is 215 g/mol. The lowest BCUT2D eigenvalue weighted by Crippen LogP contribution is -2.27. The number of furan rings is 1. The molecular weight excluding hydrogens is 206 g/mol. The molecule has 0 amide bonds. The number of para-hydroxylation sites is 1. The Morgan fingerprint density at radius 1 is 1.19 bits per heavy atom. The second-order valence-corrected chi connectivity index (χ2v) is 3.48. The van der Waals surface area contributed by atoms with Gasteiger partial charge in [0.25, 0.3) is 0 Å². The Balaban J connectivity index is 2.64. The summed E-state index contributed by atoms with van der Waals surface area (Å²) in [5.41, 5.74) is 0.817. The van der Waals surface area contributed by atoms with Gasteiger partial charge in [-0.3, -0.25) is 0 Å². The van der Waals surface area contributed by atoms with E-state index in [1.165, 1.54) is 6.26 Å². The molecule has 0 aliphatic heterocycles. The Labute approximate surface area is 91.2 Å². The van der Waals surface area contributed by atoms with Crippen molar-refractivity contribution in [2.75, 3.05) is 7.11 Å². The number of fused-ring (bicyclic) bond motifs is 2. The molecule has 0 saturated heterocycles. The molecule has 0 spiro atoms. The molecule has 0 N–H and O–H groups in total. The number of hydrogen-bond donors (Lipinski definition) is 0. The summed E-state index contributed by atoms with van der Waals surface area (Å²) in [6, 6.07) is 9.01. The molecule has 0 fully saturated rings. The Morgan fingerprint density at radius 3 is 2.81 bits per heavy atom. The number of nitrogens with zero attached hydrogens (tertiary/aromatic N) is 1. The number of methoxy groups -OCH3 is 1. The summed E-state index contributed by atoms with van der Waals surface area (Å²) in [6.45, 7) is 0. The zero-order valence-electron chi connectivity index (χ0n) is 8.64. The first kappa shape index (κ1) is 9.03. The summed E-state index contributed by atoms with van der Waals surface area (Å²) >= 11 is 0. The SMILES string of the molecule is COc1c2ccccc2[n+]([O-])c2occc12. The first-order valence-electron chi connectivity index (χ1n) is 4.88. The summed E-state index contributed by atoms with van der Waals surface area (Å²) in [4.78, 5) is 0. The van der Waals surface area contributed by atoms with Gasteiger partial charge in [0.1, 0.15) is 5.39 Å². The number of pyridine rings is 1. The number of hydrogen-bond acceptors (Lipinski definition) is 3. The maximum atomic E-state index is 12.0. The van der Waals surface area contributed by atoms with Crippen LogP contribution in [0.4, 0.5) is 0 Å². The highest BCUT2D eigenvalue weighted by atomic mass is 16.5. The van der Waals surface area contributed by atoms with Gasteiger partial charge in [-0.25, -0.2) is 0 Å². The minimum absolute atomic E-state index is 0.274. The second kappa shape index (κ2) is 3.13. The van der Waals surface area contributed by atoms with E-state index in [9.17, 15) is 5.21 Å². The summed E-state index contributed by atoms with van der Waals surface area (Å²) in [5.74, 6) is 0.673. The minimum Gasteiger partial charge on any atom is -0.616 e. The maximum Gasteiger partial charge on any atom is 0.396 e.